The quantitative estimate of drug-likeness (QED) is 0.415. The zero-order valence-electron chi connectivity index (χ0n) is 3.23. The summed E-state index contributed by atoms with van der Waals surface area (Å²) >= 11 is 3.84. The molecule has 2 radical (unpaired) electrons. The topological polar surface area (TPSA) is 26.3 Å². The van der Waals surface area contributed by atoms with E-state index in [-0.39, 0.29) is 2.12 Å². The minimum absolute atomic E-state index is 0.160. The Morgan fingerprint density at radius 3 is 2.14 bits per heavy atom. The van der Waals surface area contributed by atoms with Crippen molar-refractivity contribution in [1.82, 2.24) is 0 Å². The first-order valence-corrected chi connectivity index (χ1v) is 3.86. The third kappa shape index (κ3) is 6.99. The van der Waals surface area contributed by atoms with Crippen LogP contribution in [0.25, 0.3) is 0 Å². The van der Waals surface area contributed by atoms with Gasteiger partial charge in [-0.15, -0.1) is 0 Å². The molecule has 0 aromatic rings. The van der Waals surface area contributed by atoms with Crippen molar-refractivity contribution in [3.8, 4) is 0 Å². The van der Waals surface area contributed by atoms with E-state index in [9.17, 15) is 4.79 Å². The molecule has 7 heavy (non-hydrogen) atoms. The van der Waals surface area contributed by atoms with Gasteiger partial charge in [-0.1, -0.05) is 0 Å². The van der Waals surface area contributed by atoms with Crippen LogP contribution in [-0.4, -0.2) is 15.8 Å². The van der Waals surface area contributed by atoms with E-state index in [4.69, 9.17) is 0 Å². The number of carbonyl (C=O) groups is 1. The van der Waals surface area contributed by atoms with Crippen molar-refractivity contribution in [2.75, 3.05) is 0 Å². The summed E-state index contributed by atoms with van der Waals surface area (Å²) in [5, 5.41) is 0. The molecule has 0 aliphatic rings. The van der Waals surface area contributed by atoms with Gasteiger partial charge in [-0.3, -0.25) is 4.79 Å². The Morgan fingerprint density at radius 2 is 2.14 bits per heavy atom. The zero-order valence-corrected chi connectivity index (χ0v) is 7.54. The van der Waals surface area contributed by atoms with E-state index in [0.29, 0.717) is 0 Å². The van der Waals surface area contributed by atoms with Crippen molar-refractivity contribution < 1.29 is 9.53 Å². The van der Waals surface area contributed by atoms with E-state index < -0.39 is 5.87 Å². The van der Waals surface area contributed by atoms with Gasteiger partial charge in [0.1, 0.15) is 0 Å². The predicted octanol–water partition coefficient (Wildman–Crippen LogP) is 1.45. The van der Waals surface area contributed by atoms with Crippen molar-refractivity contribution in [3.05, 3.63) is 0 Å². The summed E-state index contributed by atoms with van der Waals surface area (Å²) in [5.41, 5.74) is 0. The third-order valence-corrected chi connectivity index (χ3v) is 0.714. The second-order valence-electron chi connectivity index (χ2n) is 0.698. The number of alkyl halides is 2. The average molecular weight is 322 g/mol. The van der Waals surface area contributed by atoms with Gasteiger partial charge >= 0.3 is 0 Å². The molecule has 0 aliphatic carbocycles. The first-order valence-electron chi connectivity index (χ1n) is 1.37. The number of ether oxygens (including phenoxy) is 1. The van der Waals surface area contributed by atoms with Gasteiger partial charge in [0, 0.05) is 0 Å². The van der Waals surface area contributed by atoms with Crippen LogP contribution in [0.1, 0.15) is 0 Å². The van der Waals surface area contributed by atoms with E-state index in [0.717, 1.165) is 0 Å². The molecular weight excluding hydrogens is 321 g/mol. The molecule has 0 saturated heterocycles. The van der Waals surface area contributed by atoms with E-state index in [1.807, 2.05) is 45.2 Å². The first kappa shape index (κ1) is 7.99. The smallest absolute Gasteiger partial charge is 0.237 e. The summed E-state index contributed by atoms with van der Waals surface area (Å²) in [6, 6.07) is 0. The molecule has 0 spiro atoms. The van der Waals surface area contributed by atoms with Crippen LogP contribution in [-0.2, 0) is 4.74 Å². The molecule has 0 aliphatic heterocycles. The maximum absolute atomic E-state index is 9.80. The number of carbonyl (C=O) groups excluding carboxylic acids is 1. The molecule has 38 valence electrons. The van der Waals surface area contributed by atoms with E-state index in [1.54, 1.807) is 0 Å². The Morgan fingerprint density at radius 1 is 1.71 bits per heavy atom. The van der Waals surface area contributed by atoms with E-state index in [2.05, 4.69) is 12.6 Å². The van der Waals surface area contributed by atoms with Crippen LogP contribution in [0.5, 0.6) is 0 Å². The summed E-state index contributed by atoms with van der Waals surface area (Å²) in [5.74, 6) is -0.728. The lowest BCUT2D eigenvalue weighted by molar-refractivity contribution is 0.192. The van der Waals surface area contributed by atoms with Gasteiger partial charge < -0.3 is 4.74 Å². The molecule has 0 saturated carbocycles. The van der Waals surface area contributed by atoms with Crippen molar-refractivity contribution in [3.63, 3.8) is 0 Å². The van der Waals surface area contributed by atoms with Crippen molar-refractivity contribution in [2.24, 2.45) is 0 Å². The Hall–Kier alpha value is 0.995. The third-order valence-electron chi connectivity index (χ3n) is 0.205. The maximum atomic E-state index is 9.80. The fourth-order valence-electron chi connectivity index (χ4n) is 0.0878. The van der Waals surface area contributed by atoms with Gasteiger partial charge in [-0.2, -0.15) is 0 Å². The molecule has 0 bridgehead atoms. The highest BCUT2D eigenvalue weighted by Crippen LogP contribution is 2.10. The minimum Gasteiger partial charge on any atom is -0.450 e. The Balaban J connectivity index is 3.13. The maximum Gasteiger partial charge on any atom is 0.237 e. The minimum atomic E-state index is -0.728. The fraction of sp³-hybridized carbons (Fsp3) is 0.500. The van der Waals surface area contributed by atoms with Crippen molar-refractivity contribution in [1.29, 1.82) is 0 Å². The largest absolute Gasteiger partial charge is 0.450 e. The molecule has 0 aromatic heterocycles. The molecule has 5 heteroatoms. The van der Waals surface area contributed by atoms with Gasteiger partial charge in [-0.25, -0.2) is 0 Å². The zero-order chi connectivity index (χ0) is 5.86. The van der Waals surface area contributed by atoms with Gasteiger partial charge in [0.25, 0.3) is 0 Å². The van der Waals surface area contributed by atoms with Crippen LogP contribution in [0.3, 0.4) is 0 Å². The van der Waals surface area contributed by atoms with Crippen LogP contribution < -0.4 is 0 Å². The van der Waals surface area contributed by atoms with Crippen molar-refractivity contribution >= 4 is 58.9 Å². The number of hydrogen-bond donors (Lipinski definition) is 0. The Kier molecular flexibility index (Phi) is 4.49. The van der Waals surface area contributed by atoms with Crippen LogP contribution >= 0.6 is 45.2 Å². The highest BCUT2D eigenvalue weighted by molar-refractivity contribution is 14.2. The molecule has 0 heterocycles. The number of rotatable bonds is 1. The summed E-state index contributed by atoms with van der Waals surface area (Å²) in [6.07, 6.45) is 0. The summed E-state index contributed by atoms with van der Waals surface area (Å²) in [6.45, 7) is 0. The fourth-order valence-corrected chi connectivity index (χ4v) is 0.589. The van der Waals surface area contributed by atoms with Gasteiger partial charge in [0.2, 0.25) is 15.8 Å². The van der Waals surface area contributed by atoms with E-state index >= 15 is 0 Å². The van der Waals surface area contributed by atoms with Gasteiger partial charge in [0.05, 0.1) is 0 Å². The molecule has 0 fully saturated rings. The lowest BCUT2D eigenvalue weighted by Crippen LogP contribution is -2.02. The van der Waals surface area contributed by atoms with Gasteiger partial charge in [0.15, 0.2) is 0 Å². The Labute approximate surface area is 70.1 Å². The molecule has 0 N–H and O–H groups in total. The number of hydrogen-bond acceptors (Lipinski definition) is 2. The van der Waals surface area contributed by atoms with E-state index in [1.165, 1.54) is 0 Å². The molecule has 2 nitrogen and oxygen atoms in total. The second kappa shape index (κ2) is 3.93. The van der Waals surface area contributed by atoms with Crippen LogP contribution in [0.4, 0.5) is 4.79 Å². The summed E-state index contributed by atoms with van der Waals surface area (Å²) < 4.78 is 4.20. The van der Waals surface area contributed by atoms with Gasteiger partial charge in [-0.05, 0) is 45.2 Å². The summed E-state index contributed by atoms with van der Waals surface area (Å²) in [7, 11) is 4.62. The molecule has 0 atom stereocenters. The second-order valence-corrected chi connectivity index (χ2v) is 5.34. The monoisotopic (exact) mass is 322 g/mol. The average Bonchev–Trinajstić information content (AvgIpc) is 1.27. The lowest BCUT2D eigenvalue weighted by Gasteiger charge is -1.98. The SMILES string of the molecule is [B]C(=O)OC(I)I. The highest BCUT2D eigenvalue weighted by Gasteiger charge is 1.96. The lowest BCUT2D eigenvalue weighted by atomic mass is 10.2. The molecule has 0 amide bonds. The first-order chi connectivity index (χ1) is 3.13. The highest BCUT2D eigenvalue weighted by atomic mass is 127. The number of halogens is 2. The standard InChI is InChI=1S/C2HBI2O2/c3-1(6)7-2(4)5/h2H. The van der Waals surface area contributed by atoms with Crippen LogP contribution in [0.2, 0.25) is 0 Å². The molecule has 0 rings (SSSR count). The van der Waals surface area contributed by atoms with Crippen LogP contribution in [0, 0.1) is 0 Å². The normalized spacial score (nSPS) is 9.00. The predicted molar refractivity (Wildman–Crippen MR) is 44.1 cm³/mol. The molecular formula is C2HBI2O2. The molecule has 0 aromatic carbocycles. The van der Waals surface area contributed by atoms with Crippen molar-refractivity contribution in [2.45, 2.75) is 2.12 Å². The summed E-state index contributed by atoms with van der Waals surface area (Å²) in [4.78, 5) is 9.80. The molecule has 0 unspecified atom stereocenters. The van der Waals surface area contributed by atoms with Crippen LogP contribution in [0.15, 0.2) is 0 Å². The Bertz CT molecular complexity index is 74.1.